The molecule has 2 nitrogen and oxygen atoms in total. The van der Waals surface area contributed by atoms with Gasteiger partial charge >= 0.3 is 0 Å². The number of nitrogens with one attached hydrogen (secondary N) is 1. The Kier molecular flexibility index (Phi) is 3.50. The van der Waals surface area contributed by atoms with Crippen LogP contribution in [-0.4, -0.2) is 11.7 Å². The predicted octanol–water partition coefficient (Wildman–Crippen LogP) is 3.92. The highest BCUT2D eigenvalue weighted by molar-refractivity contribution is 5.44. The van der Waals surface area contributed by atoms with Crippen molar-refractivity contribution >= 4 is 0 Å². The summed E-state index contributed by atoms with van der Waals surface area (Å²) in [6.45, 7) is 7.67. The smallest absolute Gasteiger partial charge is 0.115 e. The Bertz CT molecular complexity index is 638. The number of hydrogen-bond acceptors (Lipinski definition) is 2. The maximum atomic E-state index is 9.78. The molecule has 0 amide bonds. The van der Waals surface area contributed by atoms with E-state index < -0.39 is 0 Å². The van der Waals surface area contributed by atoms with Gasteiger partial charge in [0.25, 0.3) is 0 Å². The average molecular weight is 281 g/mol. The van der Waals surface area contributed by atoms with Gasteiger partial charge in [-0.3, -0.25) is 0 Å². The van der Waals surface area contributed by atoms with Gasteiger partial charge in [-0.05, 0) is 46.2 Å². The van der Waals surface area contributed by atoms with Gasteiger partial charge in [0, 0.05) is 6.54 Å². The number of rotatable bonds is 1. The maximum Gasteiger partial charge on any atom is 0.115 e. The molecule has 0 radical (unpaired) electrons. The SMILES string of the molecule is CC(C)(C)c1ccc(C2NCCc3ccc(O)cc32)cc1. The topological polar surface area (TPSA) is 32.3 Å². The normalized spacial score (nSPS) is 18.3. The van der Waals surface area contributed by atoms with Crippen LogP contribution < -0.4 is 5.32 Å². The van der Waals surface area contributed by atoms with E-state index in [9.17, 15) is 5.11 Å². The molecule has 0 spiro atoms. The van der Waals surface area contributed by atoms with Gasteiger partial charge in [0.1, 0.15) is 5.75 Å². The molecule has 1 unspecified atom stereocenters. The quantitative estimate of drug-likeness (QED) is 0.830. The first-order valence-corrected chi connectivity index (χ1v) is 7.61. The van der Waals surface area contributed by atoms with E-state index in [2.05, 4.69) is 50.4 Å². The standard InChI is InChI=1S/C19H23NO/c1-19(2,3)15-7-4-14(5-8-15)18-17-12-16(21)9-6-13(17)10-11-20-18/h4-9,12,18,20-21H,10-11H2,1-3H3. The minimum Gasteiger partial charge on any atom is -0.508 e. The second-order valence-corrected chi connectivity index (χ2v) is 6.89. The first-order chi connectivity index (χ1) is 9.95. The van der Waals surface area contributed by atoms with Crippen molar-refractivity contribution in [1.82, 2.24) is 5.32 Å². The Morgan fingerprint density at radius 1 is 1.05 bits per heavy atom. The number of hydrogen-bond donors (Lipinski definition) is 2. The molecular weight excluding hydrogens is 258 g/mol. The van der Waals surface area contributed by atoms with Crippen molar-refractivity contribution in [2.45, 2.75) is 38.6 Å². The van der Waals surface area contributed by atoms with E-state index in [4.69, 9.17) is 0 Å². The van der Waals surface area contributed by atoms with Crippen LogP contribution in [0.15, 0.2) is 42.5 Å². The second-order valence-electron chi connectivity index (χ2n) is 6.89. The molecule has 0 saturated heterocycles. The molecule has 0 aromatic heterocycles. The first kappa shape index (κ1) is 14.2. The zero-order valence-corrected chi connectivity index (χ0v) is 13.0. The Labute approximate surface area is 126 Å². The minimum atomic E-state index is 0.175. The molecule has 2 aromatic rings. The maximum absolute atomic E-state index is 9.78. The van der Waals surface area contributed by atoms with E-state index in [1.165, 1.54) is 22.3 Å². The van der Waals surface area contributed by atoms with E-state index in [1.54, 1.807) is 6.07 Å². The molecule has 1 aliphatic rings. The Morgan fingerprint density at radius 3 is 2.43 bits per heavy atom. The largest absolute Gasteiger partial charge is 0.508 e. The predicted molar refractivity (Wildman–Crippen MR) is 86.8 cm³/mol. The van der Waals surface area contributed by atoms with Gasteiger partial charge < -0.3 is 10.4 Å². The first-order valence-electron chi connectivity index (χ1n) is 7.61. The Morgan fingerprint density at radius 2 is 1.76 bits per heavy atom. The van der Waals surface area contributed by atoms with E-state index in [1.807, 2.05) is 12.1 Å². The fourth-order valence-corrected chi connectivity index (χ4v) is 3.01. The zero-order valence-electron chi connectivity index (χ0n) is 13.0. The summed E-state index contributed by atoms with van der Waals surface area (Å²) in [5.41, 5.74) is 5.31. The van der Waals surface area contributed by atoms with Gasteiger partial charge in [-0.2, -0.15) is 0 Å². The summed E-state index contributed by atoms with van der Waals surface area (Å²) >= 11 is 0. The van der Waals surface area contributed by atoms with Crippen LogP contribution in [0.25, 0.3) is 0 Å². The lowest BCUT2D eigenvalue weighted by Crippen LogP contribution is -2.30. The van der Waals surface area contributed by atoms with Crippen LogP contribution in [0.1, 0.15) is 49.1 Å². The van der Waals surface area contributed by atoms with E-state index in [0.717, 1.165) is 13.0 Å². The highest BCUT2D eigenvalue weighted by Crippen LogP contribution is 2.32. The molecular formula is C19H23NO. The summed E-state index contributed by atoms with van der Waals surface area (Å²) in [4.78, 5) is 0. The van der Waals surface area contributed by atoms with Crippen molar-refractivity contribution in [2.75, 3.05) is 6.54 Å². The van der Waals surface area contributed by atoms with Crippen molar-refractivity contribution in [3.8, 4) is 5.75 Å². The highest BCUT2D eigenvalue weighted by Gasteiger charge is 2.22. The van der Waals surface area contributed by atoms with Crippen molar-refractivity contribution in [3.63, 3.8) is 0 Å². The average Bonchev–Trinajstić information content (AvgIpc) is 2.46. The summed E-state index contributed by atoms with van der Waals surface area (Å²) in [7, 11) is 0. The second kappa shape index (κ2) is 5.19. The molecule has 0 aliphatic carbocycles. The summed E-state index contributed by atoms with van der Waals surface area (Å²) in [6.07, 6.45) is 1.02. The Balaban J connectivity index is 1.97. The number of benzene rings is 2. The summed E-state index contributed by atoms with van der Waals surface area (Å²) in [6, 6.07) is 14.7. The molecule has 1 atom stereocenters. The lowest BCUT2D eigenvalue weighted by Gasteiger charge is -2.28. The number of fused-ring (bicyclic) bond motifs is 1. The van der Waals surface area contributed by atoms with Crippen LogP contribution in [-0.2, 0) is 11.8 Å². The van der Waals surface area contributed by atoms with Gasteiger partial charge in [0.2, 0.25) is 0 Å². The summed E-state index contributed by atoms with van der Waals surface area (Å²) in [5, 5.41) is 13.3. The number of phenolic OH excluding ortho intramolecular Hbond substituents is 1. The fraction of sp³-hybridized carbons (Fsp3) is 0.368. The van der Waals surface area contributed by atoms with Crippen LogP contribution in [0.4, 0.5) is 0 Å². The third kappa shape index (κ3) is 2.81. The van der Waals surface area contributed by atoms with E-state index >= 15 is 0 Å². The number of aromatic hydroxyl groups is 1. The molecule has 2 N–H and O–H groups in total. The van der Waals surface area contributed by atoms with Crippen LogP contribution in [0.3, 0.4) is 0 Å². The van der Waals surface area contributed by atoms with Gasteiger partial charge in [-0.15, -0.1) is 0 Å². The van der Waals surface area contributed by atoms with Crippen LogP contribution in [0.2, 0.25) is 0 Å². The third-order valence-electron chi connectivity index (χ3n) is 4.29. The summed E-state index contributed by atoms with van der Waals surface area (Å²) < 4.78 is 0. The monoisotopic (exact) mass is 281 g/mol. The van der Waals surface area contributed by atoms with Crippen LogP contribution in [0.5, 0.6) is 5.75 Å². The van der Waals surface area contributed by atoms with Gasteiger partial charge in [-0.25, -0.2) is 0 Å². The van der Waals surface area contributed by atoms with Gasteiger partial charge in [-0.1, -0.05) is 51.1 Å². The molecule has 2 aromatic carbocycles. The number of phenols is 1. The van der Waals surface area contributed by atoms with Crippen LogP contribution >= 0.6 is 0 Å². The van der Waals surface area contributed by atoms with Crippen molar-refractivity contribution in [2.24, 2.45) is 0 Å². The van der Waals surface area contributed by atoms with Crippen LogP contribution in [0, 0.1) is 0 Å². The lowest BCUT2D eigenvalue weighted by atomic mass is 9.84. The van der Waals surface area contributed by atoms with Gasteiger partial charge in [0.05, 0.1) is 6.04 Å². The Hall–Kier alpha value is -1.80. The molecule has 1 aliphatic heterocycles. The fourth-order valence-electron chi connectivity index (χ4n) is 3.01. The highest BCUT2D eigenvalue weighted by atomic mass is 16.3. The molecule has 0 fully saturated rings. The zero-order chi connectivity index (χ0) is 15.0. The molecule has 1 heterocycles. The molecule has 0 bridgehead atoms. The molecule has 21 heavy (non-hydrogen) atoms. The van der Waals surface area contributed by atoms with Crippen molar-refractivity contribution in [1.29, 1.82) is 0 Å². The molecule has 110 valence electrons. The van der Waals surface area contributed by atoms with Gasteiger partial charge in [0.15, 0.2) is 0 Å². The summed E-state index contributed by atoms with van der Waals surface area (Å²) in [5.74, 6) is 0.341. The van der Waals surface area contributed by atoms with Crippen molar-refractivity contribution in [3.05, 3.63) is 64.7 Å². The molecule has 3 rings (SSSR count). The molecule has 2 heteroatoms. The lowest BCUT2D eigenvalue weighted by molar-refractivity contribution is 0.470. The van der Waals surface area contributed by atoms with E-state index in [-0.39, 0.29) is 11.5 Å². The molecule has 0 saturated carbocycles. The van der Waals surface area contributed by atoms with Crippen molar-refractivity contribution < 1.29 is 5.11 Å². The van der Waals surface area contributed by atoms with E-state index in [0.29, 0.717) is 5.75 Å². The minimum absolute atomic E-state index is 0.175. The third-order valence-corrected chi connectivity index (χ3v) is 4.29.